The number of hydrogen-bond donors (Lipinski definition) is 0. The van der Waals surface area contributed by atoms with Gasteiger partial charge in [-0.25, -0.2) is 9.79 Å². The molecule has 0 radical (unpaired) electrons. The number of carbonyl (C=O) groups excluding carboxylic acids is 1. The topological polar surface area (TPSA) is 88.4 Å². The van der Waals surface area contributed by atoms with E-state index in [1.165, 1.54) is 11.3 Å². The van der Waals surface area contributed by atoms with Crippen LogP contribution >= 0.6 is 27.3 Å². The van der Waals surface area contributed by atoms with Gasteiger partial charge in [0.15, 0.2) is 16.3 Å². The quantitative estimate of drug-likeness (QED) is 0.109. The Morgan fingerprint density at radius 2 is 1.83 bits per heavy atom. The van der Waals surface area contributed by atoms with E-state index in [2.05, 4.69) is 45.7 Å². The minimum Gasteiger partial charge on any atom is -0.493 e. The maximum absolute atomic E-state index is 14.1. The summed E-state index contributed by atoms with van der Waals surface area (Å²) < 4.78 is 25.8. The van der Waals surface area contributed by atoms with Gasteiger partial charge < -0.3 is 18.9 Å². The van der Waals surface area contributed by atoms with Crippen molar-refractivity contribution in [1.29, 1.82) is 0 Å². The van der Waals surface area contributed by atoms with Crippen LogP contribution in [0.3, 0.4) is 0 Å². The lowest BCUT2D eigenvalue weighted by atomic mass is 9.96. The van der Waals surface area contributed by atoms with Gasteiger partial charge in [0.25, 0.3) is 5.56 Å². The maximum Gasteiger partial charge on any atom is 0.338 e. The fraction of sp³-hybridized carbons (Fsp3) is 0.184. The van der Waals surface area contributed by atoms with Crippen molar-refractivity contribution in [2.24, 2.45) is 4.99 Å². The average Bonchev–Trinajstić information content (AvgIpc) is 3.39. The highest BCUT2D eigenvalue weighted by atomic mass is 79.9. The molecule has 5 aromatic rings. The number of esters is 1. The first-order chi connectivity index (χ1) is 23.3. The normalized spacial score (nSPS) is 14.3. The summed E-state index contributed by atoms with van der Waals surface area (Å²) in [6.45, 7) is 8.09. The largest absolute Gasteiger partial charge is 0.493 e. The van der Waals surface area contributed by atoms with Gasteiger partial charge in [0.05, 0.1) is 40.0 Å². The number of methoxy groups -OCH3 is 1. The monoisotopic (exact) mass is 724 g/mol. The van der Waals surface area contributed by atoms with Gasteiger partial charge in [-0.3, -0.25) is 9.36 Å². The lowest BCUT2D eigenvalue weighted by molar-refractivity contribution is -0.139. The number of fused-ring (bicyclic) bond motifs is 2. The summed E-state index contributed by atoms with van der Waals surface area (Å²) in [5, 5.41) is 2.27. The highest BCUT2D eigenvalue weighted by Crippen LogP contribution is 2.38. The minimum atomic E-state index is -0.734. The van der Waals surface area contributed by atoms with Crippen LogP contribution in [0.15, 0.2) is 117 Å². The van der Waals surface area contributed by atoms with Crippen LogP contribution in [0.1, 0.15) is 36.6 Å². The standard InChI is InChI=1S/C38H33BrN2O6S/c1-5-18-46-28-16-14-26(15-17-28)34-33(37(43)45-6-2)23(3)40-38-41(34)36(42)32(48-38)21-24-19-30(39)35(31(20-24)44-4)47-22-27-12-9-11-25-10-7-8-13-29(25)27/h5,7-17,19-21,34H,1,6,18,22H2,2-4H3/b32-21-/t34-/m0/s1. The van der Waals surface area contributed by atoms with Crippen molar-refractivity contribution in [2.75, 3.05) is 20.3 Å². The molecule has 0 saturated carbocycles. The first-order valence-electron chi connectivity index (χ1n) is 15.3. The lowest BCUT2D eigenvalue weighted by Crippen LogP contribution is -2.39. The second kappa shape index (κ2) is 14.5. The summed E-state index contributed by atoms with van der Waals surface area (Å²) in [4.78, 5) is 32.5. The molecule has 8 nitrogen and oxygen atoms in total. The van der Waals surface area contributed by atoms with Crippen LogP contribution in [0.2, 0.25) is 0 Å². The van der Waals surface area contributed by atoms with Crippen molar-refractivity contribution in [1.82, 2.24) is 4.57 Å². The third kappa shape index (κ3) is 6.58. The molecule has 0 amide bonds. The molecule has 1 aromatic heterocycles. The molecule has 244 valence electrons. The van der Waals surface area contributed by atoms with E-state index in [-0.39, 0.29) is 12.2 Å². The molecule has 48 heavy (non-hydrogen) atoms. The molecule has 0 N–H and O–H groups in total. The van der Waals surface area contributed by atoms with E-state index < -0.39 is 12.0 Å². The summed E-state index contributed by atoms with van der Waals surface area (Å²) in [6.07, 6.45) is 3.45. The number of nitrogens with zero attached hydrogens (tertiary/aromatic N) is 2. The number of rotatable bonds is 11. The minimum absolute atomic E-state index is 0.194. The van der Waals surface area contributed by atoms with E-state index in [0.717, 1.165) is 27.5 Å². The summed E-state index contributed by atoms with van der Waals surface area (Å²) in [7, 11) is 1.58. The second-order valence-corrected chi connectivity index (χ2v) is 12.8. The Bertz CT molecular complexity index is 2230. The number of aromatic nitrogens is 1. The predicted octanol–water partition coefficient (Wildman–Crippen LogP) is 6.87. The van der Waals surface area contributed by atoms with Crippen molar-refractivity contribution < 1.29 is 23.7 Å². The van der Waals surface area contributed by atoms with Crippen LogP contribution < -0.4 is 29.1 Å². The molecule has 0 spiro atoms. The van der Waals surface area contributed by atoms with Crippen molar-refractivity contribution >= 4 is 50.1 Å². The molecule has 4 aromatic carbocycles. The highest BCUT2D eigenvalue weighted by Gasteiger charge is 2.33. The predicted molar refractivity (Wildman–Crippen MR) is 192 cm³/mol. The number of halogens is 1. The Hall–Kier alpha value is -4.93. The number of allylic oxidation sites excluding steroid dienone is 1. The third-order valence-corrected chi connectivity index (χ3v) is 9.45. The zero-order valence-corrected chi connectivity index (χ0v) is 29.1. The van der Waals surface area contributed by atoms with E-state index in [9.17, 15) is 9.59 Å². The zero-order valence-electron chi connectivity index (χ0n) is 26.7. The Morgan fingerprint density at radius 3 is 2.58 bits per heavy atom. The number of carbonyl (C=O) groups is 1. The van der Waals surface area contributed by atoms with Crippen LogP contribution in [0, 0.1) is 0 Å². The van der Waals surface area contributed by atoms with Crippen LogP contribution in [0.4, 0.5) is 0 Å². The van der Waals surface area contributed by atoms with Gasteiger partial charge in [-0.15, -0.1) is 0 Å². The van der Waals surface area contributed by atoms with Gasteiger partial charge >= 0.3 is 5.97 Å². The van der Waals surface area contributed by atoms with Gasteiger partial charge in [-0.2, -0.15) is 0 Å². The fourth-order valence-corrected chi connectivity index (χ4v) is 7.31. The smallest absolute Gasteiger partial charge is 0.338 e. The summed E-state index contributed by atoms with van der Waals surface area (Å²) >= 11 is 4.91. The van der Waals surface area contributed by atoms with Crippen molar-refractivity contribution in [2.45, 2.75) is 26.5 Å². The number of thiazole rings is 1. The van der Waals surface area contributed by atoms with Crippen LogP contribution in [-0.4, -0.2) is 30.9 Å². The molecule has 1 aliphatic rings. The average molecular weight is 726 g/mol. The number of hydrogen-bond acceptors (Lipinski definition) is 8. The molecular formula is C38H33BrN2O6S. The third-order valence-electron chi connectivity index (χ3n) is 7.88. The molecule has 0 bridgehead atoms. The van der Waals surface area contributed by atoms with Gasteiger partial charge in [0.2, 0.25) is 0 Å². The fourth-order valence-electron chi connectivity index (χ4n) is 5.69. The van der Waals surface area contributed by atoms with Crippen molar-refractivity contribution in [3.8, 4) is 17.2 Å². The Kier molecular flexibility index (Phi) is 9.93. The van der Waals surface area contributed by atoms with E-state index >= 15 is 0 Å². The highest BCUT2D eigenvalue weighted by molar-refractivity contribution is 9.10. The molecule has 6 rings (SSSR count). The molecule has 10 heteroatoms. The Labute approximate surface area is 290 Å². The van der Waals surface area contributed by atoms with Gasteiger partial charge in [0, 0.05) is 0 Å². The van der Waals surface area contributed by atoms with Crippen molar-refractivity contribution in [3.05, 3.63) is 144 Å². The number of benzene rings is 4. The lowest BCUT2D eigenvalue weighted by Gasteiger charge is -2.24. The Balaban J connectivity index is 1.38. The SMILES string of the molecule is C=CCOc1ccc([C@H]2C(C(=O)OCC)=C(C)N=c3s/c(=C\c4cc(Br)c(OCc5cccc6ccccc56)c(OC)c4)c(=O)n32)cc1. The molecular weight excluding hydrogens is 692 g/mol. The maximum atomic E-state index is 14.1. The number of ether oxygens (including phenoxy) is 4. The molecule has 2 heterocycles. The van der Waals surface area contributed by atoms with Gasteiger partial charge in [-0.05, 0) is 87.6 Å². The van der Waals surface area contributed by atoms with Gasteiger partial charge in [0.1, 0.15) is 19.0 Å². The molecule has 1 aliphatic heterocycles. The first kappa shape index (κ1) is 33.0. The van der Waals surface area contributed by atoms with Crippen LogP contribution in [0.5, 0.6) is 17.2 Å². The van der Waals surface area contributed by atoms with E-state index in [4.69, 9.17) is 18.9 Å². The van der Waals surface area contributed by atoms with Crippen LogP contribution in [-0.2, 0) is 16.1 Å². The zero-order chi connectivity index (χ0) is 33.8. The van der Waals surface area contributed by atoms with E-state index in [1.807, 2.05) is 48.5 Å². The molecule has 0 aliphatic carbocycles. The van der Waals surface area contributed by atoms with Crippen LogP contribution in [0.25, 0.3) is 16.8 Å². The van der Waals surface area contributed by atoms with Crippen molar-refractivity contribution in [3.63, 3.8) is 0 Å². The summed E-state index contributed by atoms with van der Waals surface area (Å²) in [5.41, 5.74) is 3.03. The molecule has 0 saturated heterocycles. The molecule has 1 atom stereocenters. The summed E-state index contributed by atoms with van der Waals surface area (Å²) in [5.74, 6) is 1.20. The van der Waals surface area contributed by atoms with E-state index in [0.29, 0.717) is 55.5 Å². The van der Waals surface area contributed by atoms with E-state index in [1.54, 1.807) is 49.8 Å². The molecule has 0 fully saturated rings. The summed E-state index contributed by atoms with van der Waals surface area (Å²) in [6, 6.07) is 24.6. The first-order valence-corrected chi connectivity index (χ1v) is 16.9. The molecule has 0 unspecified atom stereocenters. The second-order valence-electron chi connectivity index (χ2n) is 10.9. The Morgan fingerprint density at radius 1 is 1.06 bits per heavy atom. The van der Waals surface area contributed by atoms with Gasteiger partial charge in [-0.1, -0.05) is 78.6 Å².